The van der Waals surface area contributed by atoms with Gasteiger partial charge < -0.3 is 4.90 Å². The normalized spacial score (nSPS) is 11.0. The number of fused-ring (bicyclic) bond motifs is 1. The van der Waals surface area contributed by atoms with Gasteiger partial charge in [0, 0.05) is 13.1 Å². The van der Waals surface area contributed by atoms with E-state index >= 15 is 0 Å². The van der Waals surface area contributed by atoms with E-state index in [9.17, 15) is 0 Å². The van der Waals surface area contributed by atoms with E-state index in [0.717, 1.165) is 35.6 Å². The lowest BCUT2D eigenvalue weighted by Crippen LogP contribution is -2.23. The van der Waals surface area contributed by atoms with Gasteiger partial charge in [0.1, 0.15) is 12.1 Å². The van der Waals surface area contributed by atoms with Crippen LogP contribution in [0.2, 0.25) is 0 Å². The summed E-state index contributed by atoms with van der Waals surface area (Å²) in [7, 11) is 0. The lowest BCUT2D eigenvalue weighted by Gasteiger charge is -2.24. The number of anilines is 1. The first kappa shape index (κ1) is 19.0. The Labute approximate surface area is 181 Å². The van der Waals surface area contributed by atoms with Crippen LogP contribution in [0.15, 0.2) is 97.5 Å². The summed E-state index contributed by atoms with van der Waals surface area (Å²) in [4.78, 5) is 11.5. The van der Waals surface area contributed by atoms with Crippen molar-refractivity contribution < 1.29 is 0 Å². The molecule has 2 aromatic heterocycles. The first-order valence-electron chi connectivity index (χ1n) is 10.4. The fourth-order valence-electron chi connectivity index (χ4n) is 3.85. The van der Waals surface area contributed by atoms with Crippen LogP contribution < -0.4 is 4.90 Å². The van der Waals surface area contributed by atoms with Gasteiger partial charge in [0.25, 0.3) is 0 Å². The van der Waals surface area contributed by atoms with Gasteiger partial charge in [-0.25, -0.2) is 14.6 Å². The number of aromatic nitrogens is 4. The largest absolute Gasteiger partial charge is 0.347 e. The minimum absolute atomic E-state index is 0.747. The topological polar surface area (TPSA) is 46.8 Å². The number of hydrogen-bond donors (Lipinski definition) is 0. The monoisotopic (exact) mass is 405 g/mol. The molecular weight excluding hydrogens is 382 g/mol. The van der Waals surface area contributed by atoms with Gasteiger partial charge in [-0.05, 0) is 35.7 Å². The lowest BCUT2D eigenvalue weighted by molar-refractivity contribution is 0.786. The second-order valence-corrected chi connectivity index (χ2v) is 7.66. The van der Waals surface area contributed by atoms with Crippen molar-refractivity contribution in [3.8, 4) is 5.69 Å². The van der Waals surface area contributed by atoms with Crippen molar-refractivity contribution in [2.24, 2.45) is 0 Å². The summed E-state index contributed by atoms with van der Waals surface area (Å²) in [6.07, 6.45) is 3.50. The molecule has 3 aromatic carbocycles. The van der Waals surface area contributed by atoms with Gasteiger partial charge in [0.2, 0.25) is 0 Å². The van der Waals surface area contributed by atoms with Gasteiger partial charge >= 0.3 is 0 Å². The molecule has 31 heavy (non-hydrogen) atoms. The Morgan fingerprint density at radius 3 is 2.10 bits per heavy atom. The highest BCUT2D eigenvalue weighted by atomic mass is 15.3. The zero-order valence-electron chi connectivity index (χ0n) is 17.4. The zero-order chi connectivity index (χ0) is 21.0. The van der Waals surface area contributed by atoms with Gasteiger partial charge in [-0.3, -0.25) is 0 Å². The van der Waals surface area contributed by atoms with Gasteiger partial charge in [-0.15, -0.1) is 0 Å². The first-order chi connectivity index (χ1) is 15.3. The van der Waals surface area contributed by atoms with Crippen LogP contribution in [0, 0.1) is 6.92 Å². The number of benzene rings is 3. The average Bonchev–Trinajstić information content (AvgIpc) is 3.24. The SMILES string of the molecule is Cc1cccc(-n2ncc3c(N(Cc4ccccc4)Cc4ccccc4)ncnc32)c1. The summed E-state index contributed by atoms with van der Waals surface area (Å²) < 4.78 is 1.89. The van der Waals surface area contributed by atoms with Crippen molar-refractivity contribution >= 4 is 16.9 Å². The van der Waals surface area contributed by atoms with E-state index in [2.05, 4.69) is 87.6 Å². The van der Waals surface area contributed by atoms with Crippen LogP contribution in [0.25, 0.3) is 16.7 Å². The minimum atomic E-state index is 0.747. The predicted molar refractivity (Wildman–Crippen MR) is 124 cm³/mol. The molecule has 5 nitrogen and oxygen atoms in total. The van der Waals surface area contributed by atoms with Gasteiger partial charge in [0.15, 0.2) is 5.65 Å². The van der Waals surface area contributed by atoms with Gasteiger partial charge in [0.05, 0.1) is 17.3 Å². The van der Waals surface area contributed by atoms with Crippen LogP contribution in [0.3, 0.4) is 0 Å². The van der Waals surface area contributed by atoms with Crippen LogP contribution in [0.1, 0.15) is 16.7 Å². The van der Waals surface area contributed by atoms with Crippen LogP contribution >= 0.6 is 0 Å². The maximum absolute atomic E-state index is 4.69. The number of aryl methyl sites for hydroxylation is 1. The lowest BCUT2D eigenvalue weighted by atomic mass is 10.1. The number of rotatable bonds is 6. The van der Waals surface area contributed by atoms with Gasteiger partial charge in [-0.2, -0.15) is 5.10 Å². The first-order valence-corrected chi connectivity index (χ1v) is 10.4. The van der Waals surface area contributed by atoms with E-state index < -0.39 is 0 Å². The molecule has 0 N–H and O–H groups in total. The molecule has 0 saturated carbocycles. The Balaban J connectivity index is 1.59. The summed E-state index contributed by atoms with van der Waals surface area (Å²) >= 11 is 0. The third-order valence-corrected chi connectivity index (χ3v) is 5.32. The highest BCUT2D eigenvalue weighted by molar-refractivity contribution is 5.87. The van der Waals surface area contributed by atoms with Crippen LogP contribution in [-0.2, 0) is 13.1 Å². The fourth-order valence-corrected chi connectivity index (χ4v) is 3.85. The molecule has 0 atom stereocenters. The Kier molecular flexibility index (Phi) is 5.15. The average molecular weight is 406 g/mol. The standard InChI is InChI=1S/C26H23N5/c1-20-9-8-14-23(15-20)31-26-24(16-29-31)25(27-19-28-26)30(17-21-10-4-2-5-11-21)18-22-12-6-3-7-13-22/h2-16,19H,17-18H2,1H3. The third-order valence-electron chi connectivity index (χ3n) is 5.32. The van der Waals surface area contributed by atoms with Crippen LogP contribution in [0.4, 0.5) is 5.82 Å². The van der Waals surface area contributed by atoms with E-state index in [1.165, 1.54) is 16.7 Å². The van der Waals surface area contributed by atoms with Crippen molar-refractivity contribution in [2.75, 3.05) is 4.90 Å². The van der Waals surface area contributed by atoms with E-state index in [0.29, 0.717) is 0 Å². The van der Waals surface area contributed by atoms with E-state index in [1.54, 1.807) is 6.33 Å². The molecule has 5 heteroatoms. The summed E-state index contributed by atoms with van der Waals surface area (Å²) in [5, 5.41) is 5.59. The molecule has 0 fully saturated rings. The van der Waals surface area contributed by atoms with E-state index in [-0.39, 0.29) is 0 Å². The highest BCUT2D eigenvalue weighted by Crippen LogP contribution is 2.27. The molecule has 0 aliphatic rings. The Hall–Kier alpha value is -3.99. The highest BCUT2D eigenvalue weighted by Gasteiger charge is 2.17. The molecule has 0 spiro atoms. The molecule has 0 saturated heterocycles. The zero-order valence-corrected chi connectivity index (χ0v) is 17.4. The van der Waals surface area contributed by atoms with Crippen molar-refractivity contribution in [3.05, 3.63) is 114 Å². The van der Waals surface area contributed by atoms with Crippen molar-refractivity contribution in [2.45, 2.75) is 20.0 Å². The fraction of sp³-hybridized carbons (Fsp3) is 0.115. The molecule has 0 unspecified atom stereocenters. The molecule has 0 aliphatic carbocycles. The molecule has 0 amide bonds. The minimum Gasteiger partial charge on any atom is -0.347 e. The van der Waals surface area contributed by atoms with Gasteiger partial charge in [-0.1, -0.05) is 72.8 Å². The Morgan fingerprint density at radius 2 is 1.45 bits per heavy atom. The third kappa shape index (κ3) is 4.03. The molecule has 0 radical (unpaired) electrons. The summed E-state index contributed by atoms with van der Waals surface area (Å²) in [5.41, 5.74) is 5.46. The molecule has 0 bridgehead atoms. The smallest absolute Gasteiger partial charge is 0.168 e. The number of hydrogen-bond acceptors (Lipinski definition) is 4. The van der Waals surface area contributed by atoms with E-state index in [1.807, 2.05) is 35.1 Å². The predicted octanol–water partition coefficient (Wildman–Crippen LogP) is 5.33. The molecular formula is C26H23N5. The van der Waals surface area contributed by atoms with Crippen LogP contribution in [-0.4, -0.2) is 19.7 Å². The molecule has 152 valence electrons. The Morgan fingerprint density at radius 1 is 0.774 bits per heavy atom. The maximum atomic E-state index is 4.69. The summed E-state index contributed by atoms with van der Waals surface area (Å²) in [5.74, 6) is 0.886. The second kappa shape index (κ2) is 8.40. The Bertz CT molecular complexity index is 1250. The molecule has 5 rings (SSSR count). The van der Waals surface area contributed by atoms with E-state index in [4.69, 9.17) is 0 Å². The van der Waals surface area contributed by atoms with Crippen molar-refractivity contribution in [3.63, 3.8) is 0 Å². The molecule has 2 heterocycles. The molecule has 0 aliphatic heterocycles. The quantitative estimate of drug-likeness (QED) is 0.383. The number of nitrogens with zero attached hydrogens (tertiary/aromatic N) is 5. The van der Waals surface area contributed by atoms with Crippen molar-refractivity contribution in [1.82, 2.24) is 19.7 Å². The van der Waals surface area contributed by atoms with Crippen molar-refractivity contribution in [1.29, 1.82) is 0 Å². The summed E-state index contributed by atoms with van der Waals surface area (Å²) in [6.45, 7) is 3.58. The van der Waals surface area contributed by atoms with Crippen LogP contribution in [0.5, 0.6) is 0 Å². The molecule has 5 aromatic rings. The maximum Gasteiger partial charge on any atom is 0.168 e. The summed E-state index contributed by atoms with van der Waals surface area (Å²) in [6, 6.07) is 29.2. The second-order valence-electron chi connectivity index (χ2n) is 7.66.